The number of fused-ring (bicyclic) bond motifs is 1. The Bertz CT molecular complexity index is 1180. The Labute approximate surface area is 174 Å². The zero-order valence-electron chi connectivity index (χ0n) is 17.1. The van der Waals surface area contributed by atoms with Crippen LogP contribution in [0.2, 0.25) is 0 Å². The standard InChI is InChI=1S/C23H23N3O4/c1-14-11-20(26-30-14)23(27)25-13-18(16-8-6-10-21(28-2)22(16)29-3)17-12-24-19-9-5-4-7-15(17)19/h4-12,18,24H,13H2,1-3H3,(H,25,27). The highest BCUT2D eigenvalue weighted by atomic mass is 16.5. The van der Waals surface area contributed by atoms with Crippen molar-refractivity contribution in [2.24, 2.45) is 0 Å². The van der Waals surface area contributed by atoms with Crippen molar-refractivity contribution in [1.82, 2.24) is 15.5 Å². The summed E-state index contributed by atoms with van der Waals surface area (Å²) in [6.45, 7) is 2.09. The number of H-pyrrole nitrogens is 1. The number of aromatic amines is 1. The van der Waals surface area contributed by atoms with E-state index >= 15 is 0 Å². The molecule has 0 bridgehead atoms. The van der Waals surface area contributed by atoms with Gasteiger partial charge < -0.3 is 24.3 Å². The van der Waals surface area contributed by atoms with Crippen molar-refractivity contribution in [3.05, 3.63) is 77.3 Å². The van der Waals surface area contributed by atoms with Gasteiger partial charge in [0.05, 0.1) is 14.2 Å². The number of nitrogens with one attached hydrogen (secondary N) is 2. The third kappa shape index (κ3) is 3.61. The summed E-state index contributed by atoms with van der Waals surface area (Å²) in [7, 11) is 3.22. The molecule has 0 saturated heterocycles. The van der Waals surface area contributed by atoms with Crippen molar-refractivity contribution >= 4 is 16.8 Å². The van der Waals surface area contributed by atoms with Crippen molar-refractivity contribution in [2.75, 3.05) is 20.8 Å². The maximum Gasteiger partial charge on any atom is 0.273 e. The maximum atomic E-state index is 12.6. The van der Waals surface area contributed by atoms with Crippen LogP contribution in [0.3, 0.4) is 0 Å². The average Bonchev–Trinajstić information content (AvgIpc) is 3.40. The van der Waals surface area contributed by atoms with Crippen molar-refractivity contribution < 1.29 is 18.8 Å². The van der Waals surface area contributed by atoms with E-state index in [1.807, 2.05) is 42.6 Å². The van der Waals surface area contributed by atoms with E-state index in [-0.39, 0.29) is 17.5 Å². The number of hydrogen-bond acceptors (Lipinski definition) is 5. The van der Waals surface area contributed by atoms with Crippen molar-refractivity contribution in [2.45, 2.75) is 12.8 Å². The summed E-state index contributed by atoms with van der Waals surface area (Å²) < 4.78 is 16.2. The zero-order valence-corrected chi connectivity index (χ0v) is 17.1. The number of ether oxygens (including phenoxy) is 2. The second-order valence-corrected chi connectivity index (χ2v) is 6.96. The largest absolute Gasteiger partial charge is 0.493 e. The fraction of sp³-hybridized carbons (Fsp3) is 0.217. The summed E-state index contributed by atoms with van der Waals surface area (Å²) >= 11 is 0. The number of methoxy groups -OCH3 is 2. The number of amides is 1. The van der Waals surface area contributed by atoms with Crippen LogP contribution in [0.15, 0.2) is 59.3 Å². The Morgan fingerprint density at radius 1 is 1.13 bits per heavy atom. The molecular weight excluding hydrogens is 382 g/mol. The summed E-state index contributed by atoms with van der Waals surface area (Å²) in [4.78, 5) is 15.9. The van der Waals surface area contributed by atoms with Crippen LogP contribution in [-0.4, -0.2) is 36.8 Å². The molecule has 0 aliphatic rings. The molecule has 4 aromatic rings. The second-order valence-electron chi connectivity index (χ2n) is 6.96. The van der Waals surface area contributed by atoms with Gasteiger partial charge in [0.15, 0.2) is 17.2 Å². The summed E-state index contributed by atoms with van der Waals surface area (Å²) in [6.07, 6.45) is 1.97. The van der Waals surface area contributed by atoms with E-state index < -0.39 is 0 Å². The first-order valence-corrected chi connectivity index (χ1v) is 9.60. The lowest BCUT2D eigenvalue weighted by Crippen LogP contribution is -2.29. The number of carbonyl (C=O) groups is 1. The van der Waals surface area contributed by atoms with Gasteiger partial charge in [0.2, 0.25) is 0 Å². The van der Waals surface area contributed by atoms with Gasteiger partial charge in [-0.2, -0.15) is 0 Å². The lowest BCUT2D eigenvalue weighted by molar-refractivity contribution is 0.0943. The molecular formula is C23H23N3O4. The summed E-state index contributed by atoms with van der Waals surface area (Å²) in [5.74, 6) is 1.39. The quantitative estimate of drug-likeness (QED) is 0.484. The highest BCUT2D eigenvalue weighted by molar-refractivity contribution is 5.92. The molecule has 2 aromatic heterocycles. The number of benzene rings is 2. The normalized spacial score (nSPS) is 12.0. The molecule has 0 aliphatic carbocycles. The number of hydrogen-bond donors (Lipinski definition) is 2. The number of rotatable bonds is 7. The first-order valence-electron chi connectivity index (χ1n) is 9.60. The number of aryl methyl sites for hydroxylation is 1. The maximum absolute atomic E-state index is 12.6. The van der Waals surface area contributed by atoms with E-state index in [0.717, 1.165) is 22.0 Å². The third-order valence-electron chi connectivity index (χ3n) is 5.13. The topological polar surface area (TPSA) is 89.4 Å². The Balaban J connectivity index is 1.75. The van der Waals surface area contributed by atoms with Crippen LogP contribution in [-0.2, 0) is 0 Å². The van der Waals surface area contributed by atoms with E-state index in [9.17, 15) is 4.79 Å². The first-order chi connectivity index (χ1) is 14.6. The Morgan fingerprint density at radius 3 is 2.70 bits per heavy atom. The summed E-state index contributed by atoms with van der Waals surface area (Å²) in [6, 6.07) is 15.4. The number of para-hydroxylation sites is 2. The molecule has 154 valence electrons. The van der Waals surface area contributed by atoms with E-state index in [2.05, 4.69) is 21.5 Å². The summed E-state index contributed by atoms with van der Waals surface area (Å²) in [5.41, 5.74) is 3.24. The van der Waals surface area contributed by atoms with Crippen LogP contribution in [0, 0.1) is 6.92 Å². The molecule has 7 nitrogen and oxygen atoms in total. The fourth-order valence-electron chi connectivity index (χ4n) is 3.71. The minimum Gasteiger partial charge on any atom is -0.493 e. The Morgan fingerprint density at radius 2 is 1.97 bits per heavy atom. The van der Waals surface area contributed by atoms with E-state index in [4.69, 9.17) is 14.0 Å². The summed E-state index contributed by atoms with van der Waals surface area (Å²) in [5, 5.41) is 7.87. The van der Waals surface area contributed by atoms with Crippen molar-refractivity contribution in [1.29, 1.82) is 0 Å². The molecule has 1 amide bonds. The number of nitrogens with zero attached hydrogens (tertiary/aromatic N) is 1. The molecule has 0 aliphatic heterocycles. The van der Waals surface area contributed by atoms with E-state index in [1.54, 1.807) is 27.2 Å². The number of aromatic nitrogens is 2. The molecule has 0 spiro atoms. The van der Waals surface area contributed by atoms with Gasteiger partial charge >= 0.3 is 0 Å². The van der Waals surface area contributed by atoms with Crippen LogP contribution in [0.4, 0.5) is 0 Å². The average molecular weight is 405 g/mol. The lowest BCUT2D eigenvalue weighted by atomic mass is 9.89. The van der Waals surface area contributed by atoms with Gasteiger partial charge in [-0.25, -0.2) is 0 Å². The molecule has 4 rings (SSSR count). The zero-order chi connectivity index (χ0) is 21.1. The van der Waals surface area contributed by atoms with Gasteiger partial charge in [0.1, 0.15) is 5.76 Å². The van der Waals surface area contributed by atoms with Crippen LogP contribution < -0.4 is 14.8 Å². The van der Waals surface area contributed by atoms with Gasteiger partial charge in [-0.15, -0.1) is 0 Å². The highest BCUT2D eigenvalue weighted by Crippen LogP contribution is 2.40. The monoisotopic (exact) mass is 405 g/mol. The number of carbonyl (C=O) groups excluding carboxylic acids is 1. The van der Waals surface area contributed by atoms with Gasteiger partial charge in [0.25, 0.3) is 5.91 Å². The molecule has 1 atom stereocenters. The van der Waals surface area contributed by atoms with Crippen LogP contribution in [0.5, 0.6) is 11.5 Å². The van der Waals surface area contributed by atoms with Gasteiger partial charge in [-0.3, -0.25) is 4.79 Å². The fourth-order valence-corrected chi connectivity index (χ4v) is 3.71. The molecule has 1 unspecified atom stereocenters. The lowest BCUT2D eigenvalue weighted by Gasteiger charge is -2.21. The Hall–Kier alpha value is -3.74. The van der Waals surface area contributed by atoms with Gasteiger partial charge in [-0.1, -0.05) is 35.5 Å². The molecule has 0 radical (unpaired) electrons. The molecule has 2 N–H and O–H groups in total. The van der Waals surface area contributed by atoms with E-state index in [1.165, 1.54) is 0 Å². The smallest absolute Gasteiger partial charge is 0.273 e. The molecule has 2 aromatic carbocycles. The van der Waals surface area contributed by atoms with Crippen LogP contribution >= 0.6 is 0 Å². The van der Waals surface area contributed by atoms with Gasteiger partial charge in [-0.05, 0) is 24.6 Å². The van der Waals surface area contributed by atoms with E-state index in [0.29, 0.717) is 23.8 Å². The molecule has 30 heavy (non-hydrogen) atoms. The molecule has 7 heteroatoms. The minimum atomic E-state index is -0.293. The van der Waals surface area contributed by atoms with Crippen LogP contribution in [0.1, 0.15) is 33.3 Å². The SMILES string of the molecule is COc1cccc(C(CNC(=O)c2cc(C)on2)c2c[nH]c3ccccc23)c1OC. The first kappa shape index (κ1) is 19.6. The molecule has 0 saturated carbocycles. The second kappa shape index (κ2) is 8.32. The molecule has 0 fully saturated rings. The van der Waals surface area contributed by atoms with Crippen molar-refractivity contribution in [3.8, 4) is 11.5 Å². The predicted octanol–water partition coefficient (Wildman–Crippen LogP) is 4.04. The predicted molar refractivity (Wildman–Crippen MR) is 113 cm³/mol. The third-order valence-corrected chi connectivity index (χ3v) is 5.13. The van der Waals surface area contributed by atoms with Gasteiger partial charge in [0, 0.05) is 41.2 Å². The van der Waals surface area contributed by atoms with Crippen molar-refractivity contribution in [3.63, 3.8) is 0 Å². The Kier molecular flexibility index (Phi) is 5.43. The highest BCUT2D eigenvalue weighted by Gasteiger charge is 2.25. The van der Waals surface area contributed by atoms with Crippen LogP contribution in [0.25, 0.3) is 10.9 Å². The molecule has 2 heterocycles. The minimum absolute atomic E-state index is 0.178.